The number of fused-ring (bicyclic) bond motifs is 3. The van der Waals surface area contributed by atoms with E-state index in [1.54, 1.807) is 6.07 Å². The summed E-state index contributed by atoms with van der Waals surface area (Å²) >= 11 is 0. The highest BCUT2D eigenvalue weighted by Gasteiger charge is 2.44. The van der Waals surface area contributed by atoms with Gasteiger partial charge in [-0.15, -0.1) is 0 Å². The van der Waals surface area contributed by atoms with Gasteiger partial charge < -0.3 is 24.8 Å². The first-order valence-electron chi connectivity index (χ1n) is 13.6. The van der Waals surface area contributed by atoms with Crippen LogP contribution in [0, 0.1) is 11.6 Å². The highest BCUT2D eigenvalue weighted by molar-refractivity contribution is 5.74. The Morgan fingerprint density at radius 1 is 1.03 bits per heavy atom. The molecule has 0 spiro atoms. The predicted molar refractivity (Wildman–Crippen MR) is 149 cm³/mol. The number of nitrogens with zero attached hydrogens (tertiary/aromatic N) is 6. The minimum atomic E-state index is -0.627. The molecule has 5 heterocycles. The lowest BCUT2D eigenvalue weighted by Crippen LogP contribution is -2.48. The second-order valence-electron chi connectivity index (χ2n) is 11.6. The summed E-state index contributed by atoms with van der Waals surface area (Å²) in [6.45, 7) is 6.70. The van der Waals surface area contributed by atoms with E-state index in [1.807, 2.05) is 18.3 Å². The van der Waals surface area contributed by atoms with E-state index >= 15 is 4.39 Å². The summed E-state index contributed by atoms with van der Waals surface area (Å²) in [6.07, 6.45) is 7.10. The second kappa shape index (κ2) is 9.89. The Hall–Kier alpha value is -3.53. The average molecular weight is 536 g/mol. The zero-order valence-corrected chi connectivity index (χ0v) is 22.9. The second-order valence-corrected chi connectivity index (χ2v) is 11.6. The smallest absolute Gasteiger partial charge is 0.229 e. The summed E-state index contributed by atoms with van der Waals surface area (Å²) in [6, 6.07) is 7.72. The molecular weight excluding hydrogens is 500 g/mol. The van der Waals surface area contributed by atoms with Crippen LogP contribution in [-0.2, 0) is 0 Å². The summed E-state index contributed by atoms with van der Waals surface area (Å²) in [5.74, 6) is -0.201. The number of benzene rings is 1. The number of ether oxygens (including phenoxy) is 1. The first-order chi connectivity index (χ1) is 18.7. The van der Waals surface area contributed by atoms with Gasteiger partial charge in [0.15, 0.2) is 17.4 Å². The maximum Gasteiger partial charge on any atom is 0.229 e. The number of pyridine rings is 1. The molecule has 1 N–H and O–H groups in total. The molecule has 3 aliphatic rings. The van der Waals surface area contributed by atoms with Gasteiger partial charge in [-0.1, -0.05) is 0 Å². The standard InChI is InChI=1S/C29H35F2N7O/c1-29(2)10-7-21-17-39-27-22(30)13-18(14-24(27)38(21)29)26-23(31)16-33-28(35-26)34-25-6-5-20(15-32-25)37-11-8-19(9-12-37)36(3)4/h5-6,13-16,19,21H,7-12,17H2,1-4H3,(H,32,33,34,35). The van der Waals surface area contributed by atoms with Crippen molar-refractivity contribution < 1.29 is 13.5 Å². The topological polar surface area (TPSA) is 69.7 Å². The molecule has 0 bridgehead atoms. The molecule has 1 aromatic carbocycles. The third-order valence-corrected chi connectivity index (χ3v) is 8.38. The molecule has 8 nitrogen and oxygen atoms in total. The van der Waals surface area contributed by atoms with Crippen LogP contribution >= 0.6 is 0 Å². The highest BCUT2D eigenvalue weighted by atomic mass is 19.1. The molecule has 0 amide bonds. The Balaban J connectivity index is 1.23. The van der Waals surface area contributed by atoms with Crippen LogP contribution in [0.1, 0.15) is 39.5 Å². The lowest BCUT2D eigenvalue weighted by atomic mass is 10.0. The molecule has 0 radical (unpaired) electrons. The number of piperidine rings is 1. The van der Waals surface area contributed by atoms with E-state index in [2.05, 4.69) is 62.9 Å². The van der Waals surface area contributed by atoms with Crippen LogP contribution in [0.3, 0.4) is 0 Å². The number of hydrogen-bond donors (Lipinski definition) is 1. The summed E-state index contributed by atoms with van der Waals surface area (Å²) < 4.78 is 36.0. The van der Waals surface area contributed by atoms with Crippen LogP contribution in [0.25, 0.3) is 11.3 Å². The van der Waals surface area contributed by atoms with Crippen LogP contribution in [0.4, 0.5) is 31.9 Å². The fourth-order valence-corrected chi connectivity index (χ4v) is 6.19. The highest BCUT2D eigenvalue weighted by Crippen LogP contribution is 2.47. The number of aromatic nitrogens is 3. The predicted octanol–water partition coefficient (Wildman–Crippen LogP) is 5.23. The lowest BCUT2D eigenvalue weighted by Gasteiger charge is -2.42. The van der Waals surface area contributed by atoms with Crippen LogP contribution in [0.5, 0.6) is 5.75 Å². The van der Waals surface area contributed by atoms with Crippen molar-refractivity contribution in [3.63, 3.8) is 0 Å². The summed E-state index contributed by atoms with van der Waals surface area (Å²) in [5, 5.41) is 3.07. The van der Waals surface area contributed by atoms with E-state index < -0.39 is 11.6 Å². The van der Waals surface area contributed by atoms with Gasteiger partial charge in [-0.2, -0.15) is 0 Å². The number of rotatable bonds is 5. The maximum atomic E-state index is 15.2. The Labute approximate surface area is 228 Å². The Morgan fingerprint density at radius 2 is 1.82 bits per heavy atom. The van der Waals surface area contributed by atoms with Crippen LogP contribution in [0.15, 0.2) is 36.7 Å². The third kappa shape index (κ3) is 4.86. The SMILES string of the molecule is CN(C)C1CCN(c2ccc(Nc3ncc(F)c(-c4cc(F)c5c(c4)N4C(CCC4(C)C)CO5)n3)nc2)CC1. The zero-order valence-electron chi connectivity index (χ0n) is 22.9. The fraction of sp³-hybridized carbons (Fsp3) is 0.483. The number of nitrogens with one attached hydrogen (secondary N) is 1. The maximum absolute atomic E-state index is 15.2. The monoisotopic (exact) mass is 535 g/mol. The van der Waals surface area contributed by atoms with Gasteiger partial charge in [0.25, 0.3) is 0 Å². The van der Waals surface area contributed by atoms with Gasteiger partial charge >= 0.3 is 0 Å². The van der Waals surface area contributed by atoms with Gasteiger partial charge in [0.2, 0.25) is 5.95 Å². The summed E-state index contributed by atoms with van der Waals surface area (Å²) in [5.41, 5.74) is 1.92. The lowest BCUT2D eigenvalue weighted by molar-refractivity contribution is 0.249. The van der Waals surface area contributed by atoms with Crippen LogP contribution in [0.2, 0.25) is 0 Å². The van der Waals surface area contributed by atoms with E-state index in [-0.39, 0.29) is 29.0 Å². The third-order valence-electron chi connectivity index (χ3n) is 8.38. The summed E-state index contributed by atoms with van der Waals surface area (Å²) in [7, 11) is 4.26. The molecule has 0 aliphatic carbocycles. The van der Waals surface area contributed by atoms with Gasteiger partial charge in [0, 0.05) is 30.2 Å². The first kappa shape index (κ1) is 25.7. The van der Waals surface area contributed by atoms with E-state index in [1.165, 1.54) is 6.07 Å². The average Bonchev–Trinajstić information content (AvgIpc) is 3.25. The fourth-order valence-electron chi connectivity index (χ4n) is 6.19. The number of halogens is 2. The molecule has 206 valence electrons. The van der Waals surface area contributed by atoms with Crippen molar-refractivity contribution in [2.45, 2.75) is 57.2 Å². The largest absolute Gasteiger partial charge is 0.486 e. The minimum absolute atomic E-state index is 0.0220. The molecule has 2 aromatic heterocycles. The Bertz CT molecular complexity index is 1360. The molecule has 10 heteroatoms. The zero-order chi connectivity index (χ0) is 27.3. The first-order valence-corrected chi connectivity index (χ1v) is 13.6. The van der Waals surface area contributed by atoms with Crippen molar-refractivity contribution in [1.29, 1.82) is 0 Å². The minimum Gasteiger partial charge on any atom is -0.486 e. The molecular formula is C29H35F2N7O. The van der Waals surface area contributed by atoms with Crippen molar-refractivity contribution in [1.82, 2.24) is 19.9 Å². The van der Waals surface area contributed by atoms with Crippen LogP contribution < -0.4 is 19.9 Å². The number of anilines is 4. The molecule has 3 aromatic rings. The molecule has 39 heavy (non-hydrogen) atoms. The molecule has 2 saturated heterocycles. The van der Waals surface area contributed by atoms with Crippen LogP contribution in [-0.4, -0.2) is 71.3 Å². The van der Waals surface area contributed by atoms with E-state index in [0.717, 1.165) is 50.7 Å². The van der Waals surface area contributed by atoms with E-state index in [0.29, 0.717) is 29.7 Å². The molecule has 6 rings (SSSR count). The van der Waals surface area contributed by atoms with Crippen molar-refractivity contribution >= 4 is 23.1 Å². The van der Waals surface area contributed by atoms with Gasteiger partial charge in [-0.25, -0.2) is 23.7 Å². The molecule has 1 unspecified atom stereocenters. The van der Waals surface area contributed by atoms with Gasteiger partial charge in [0.1, 0.15) is 18.1 Å². The quantitative estimate of drug-likeness (QED) is 0.476. The Kier molecular flexibility index (Phi) is 6.53. The van der Waals surface area contributed by atoms with Gasteiger partial charge in [-0.3, -0.25) is 0 Å². The molecule has 1 atom stereocenters. The van der Waals surface area contributed by atoms with Crippen molar-refractivity contribution in [3.8, 4) is 17.0 Å². The van der Waals surface area contributed by atoms with Crippen molar-refractivity contribution in [2.75, 3.05) is 48.9 Å². The van der Waals surface area contributed by atoms with Crippen molar-refractivity contribution in [2.24, 2.45) is 0 Å². The normalized spacial score (nSPS) is 20.5. The summed E-state index contributed by atoms with van der Waals surface area (Å²) in [4.78, 5) is 19.9. The number of hydrogen-bond acceptors (Lipinski definition) is 8. The van der Waals surface area contributed by atoms with E-state index in [9.17, 15) is 4.39 Å². The van der Waals surface area contributed by atoms with Crippen molar-refractivity contribution in [3.05, 3.63) is 48.3 Å². The Morgan fingerprint density at radius 3 is 2.54 bits per heavy atom. The molecule has 0 saturated carbocycles. The van der Waals surface area contributed by atoms with Gasteiger partial charge in [-0.05, 0) is 77.9 Å². The van der Waals surface area contributed by atoms with Gasteiger partial charge in [0.05, 0.1) is 29.8 Å². The van der Waals surface area contributed by atoms with E-state index in [4.69, 9.17) is 4.74 Å². The molecule has 3 aliphatic heterocycles. The molecule has 2 fully saturated rings.